The topological polar surface area (TPSA) is 59.8 Å². The van der Waals surface area contributed by atoms with Gasteiger partial charge in [-0.3, -0.25) is 4.79 Å². The molecule has 132 valence electrons. The normalized spacial score (nSPS) is 18.5. The number of hydrogen-bond donors (Lipinski definition) is 1. The molecule has 3 aromatic rings. The molecule has 0 radical (unpaired) electrons. The van der Waals surface area contributed by atoms with Crippen LogP contribution in [0.1, 0.15) is 29.0 Å². The Bertz CT molecular complexity index is 875. The number of aromatic nitrogens is 3. The Kier molecular flexibility index (Phi) is 4.48. The summed E-state index contributed by atoms with van der Waals surface area (Å²) < 4.78 is 14.7. The van der Waals surface area contributed by atoms with Gasteiger partial charge in [0.25, 0.3) is 0 Å². The summed E-state index contributed by atoms with van der Waals surface area (Å²) in [6.07, 6.45) is 4.02. The van der Waals surface area contributed by atoms with Gasteiger partial charge in [0.2, 0.25) is 5.91 Å². The lowest BCUT2D eigenvalue weighted by Crippen LogP contribution is -2.24. The van der Waals surface area contributed by atoms with E-state index in [1.54, 1.807) is 23.1 Å². The minimum Gasteiger partial charge on any atom is -0.352 e. The van der Waals surface area contributed by atoms with Gasteiger partial charge in [-0.25, -0.2) is 14.1 Å². The molecule has 1 saturated carbocycles. The monoisotopic (exact) mass is 350 g/mol. The number of halogens is 1. The summed E-state index contributed by atoms with van der Waals surface area (Å²) in [4.78, 5) is 16.2. The van der Waals surface area contributed by atoms with Crippen LogP contribution in [0.15, 0.2) is 61.2 Å². The number of amides is 1. The third kappa shape index (κ3) is 3.79. The van der Waals surface area contributed by atoms with Crippen LogP contribution in [0.2, 0.25) is 0 Å². The second-order valence-corrected chi connectivity index (χ2v) is 6.63. The van der Waals surface area contributed by atoms with E-state index in [1.165, 1.54) is 18.5 Å². The highest BCUT2D eigenvalue weighted by Gasteiger charge is 2.43. The largest absolute Gasteiger partial charge is 0.352 e. The van der Waals surface area contributed by atoms with Gasteiger partial charge < -0.3 is 5.32 Å². The molecule has 2 aromatic carbocycles. The lowest BCUT2D eigenvalue weighted by Gasteiger charge is -2.07. The second-order valence-electron chi connectivity index (χ2n) is 6.63. The molecule has 0 spiro atoms. The van der Waals surface area contributed by atoms with Crippen LogP contribution in [0.5, 0.6) is 0 Å². The summed E-state index contributed by atoms with van der Waals surface area (Å²) in [6.45, 7) is 1.18. The SMILES string of the molecule is O=C(NCc1ccc(Cn2cncn2)cc1)C1CC1c1ccc(F)cc1. The number of benzene rings is 2. The maximum Gasteiger partial charge on any atom is 0.224 e. The van der Waals surface area contributed by atoms with Crippen LogP contribution < -0.4 is 5.32 Å². The van der Waals surface area contributed by atoms with Gasteiger partial charge in [0.05, 0.1) is 6.54 Å². The number of nitrogens with zero attached hydrogens (tertiary/aromatic N) is 3. The van der Waals surface area contributed by atoms with E-state index in [1.807, 2.05) is 24.3 Å². The minimum atomic E-state index is -0.248. The zero-order valence-corrected chi connectivity index (χ0v) is 14.2. The van der Waals surface area contributed by atoms with E-state index < -0.39 is 0 Å². The first-order chi connectivity index (χ1) is 12.7. The summed E-state index contributed by atoms with van der Waals surface area (Å²) in [5.74, 6) is 0.0152. The van der Waals surface area contributed by atoms with E-state index >= 15 is 0 Å². The molecule has 1 aliphatic rings. The van der Waals surface area contributed by atoms with E-state index in [0.29, 0.717) is 13.1 Å². The predicted molar refractivity (Wildman–Crippen MR) is 94.7 cm³/mol. The molecule has 1 amide bonds. The fraction of sp³-hybridized carbons (Fsp3) is 0.250. The van der Waals surface area contributed by atoms with E-state index in [2.05, 4.69) is 15.4 Å². The molecular weight excluding hydrogens is 331 g/mol. The van der Waals surface area contributed by atoms with Crippen LogP contribution in [-0.2, 0) is 17.9 Å². The Morgan fingerprint density at radius 3 is 2.54 bits per heavy atom. The summed E-state index contributed by atoms with van der Waals surface area (Å²) in [6, 6.07) is 14.5. The summed E-state index contributed by atoms with van der Waals surface area (Å²) >= 11 is 0. The smallest absolute Gasteiger partial charge is 0.224 e. The number of hydrogen-bond acceptors (Lipinski definition) is 3. The van der Waals surface area contributed by atoms with Crippen molar-refractivity contribution in [3.05, 3.63) is 83.7 Å². The minimum absolute atomic E-state index is 0.00736. The molecule has 0 bridgehead atoms. The summed E-state index contributed by atoms with van der Waals surface area (Å²) in [5.41, 5.74) is 3.22. The molecule has 2 atom stereocenters. The van der Waals surface area contributed by atoms with Gasteiger partial charge in [-0.2, -0.15) is 5.10 Å². The standard InChI is InChI=1S/C20H19FN4O/c21-17-7-5-16(6-8-17)18-9-19(18)20(26)23-10-14-1-3-15(4-2-14)11-25-13-22-12-24-25/h1-8,12-13,18-19H,9-11H2,(H,23,26). The maximum atomic E-state index is 13.0. The molecule has 1 fully saturated rings. The molecule has 1 N–H and O–H groups in total. The van der Waals surface area contributed by atoms with Crippen molar-refractivity contribution in [3.8, 4) is 0 Å². The molecular formula is C20H19FN4O. The fourth-order valence-corrected chi connectivity index (χ4v) is 3.15. The van der Waals surface area contributed by atoms with Gasteiger partial charge in [-0.1, -0.05) is 36.4 Å². The highest BCUT2D eigenvalue weighted by molar-refractivity contribution is 5.82. The first-order valence-corrected chi connectivity index (χ1v) is 8.62. The first-order valence-electron chi connectivity index (χ1n) is 8.62. The van der Waals surface area contributed by atoms with Gasteiger partial charge in [0.15, 0.2) is 0 Å². The number of carbonyl (C=O) groups is 1. The maximum absolute atomic E-state index is 13.0. The van der Waals surface area contributed by atoms with Crippen molar-refractivity contribution in [1.29, 1.82) is 0 Å². The lowest BCUT2D eigenvalue weighted by atomic mass is 10.1. The van der Waals surface area contributed by atoms with Gasteiger partial charge in [0, 0.05) is 12.5 Å². The Morgan fingerprint density at radius 1 is 1.12 bits per heavy atom. The van der Waals surface area contributed by atoms with Gasteiger partial charge in [-0.15, -0.1) is 0 Å². The van der Waals surface area contributed by atoms with Crippen molar-refractivity contribution >= 4 is 5.91 Å². The highest BCUT2D eigenvalue weighted by atomic mass is 19.1. The number of nitrogens with one attached hydrogen (secondary N) is 1. The van der Waals surface area contributed by atoms with Crippen LogP contribution >= 0.6 is 0 Å². The fourth-order valence-electron chi connectivity index (χ4n) is 3.15. The van der Waals surface area contributed by atoms with Crippen LogP contribution in [0.3, 0.4) is 0 Å². The van der Waals surface area contributed by atoms with Crippen LogP contribution in [-0.4, -0.2) is 20.7 Å². The van der Waals surface area contributed by atoms with Crippen LogP contribution in [0.4, 0.5) is 4.39 Å². The third-order valence-corrected chi connectivity index (χ3v) is 4.73. The van der Waals surface area contributed by atoms with E-state index in [9.17, 15) is 9.18 Å². The lowest BCUT2D eigenvalue weighted by molar-refractivity contribution is -0.122. The Labute approximate surface area is 150 Å². The quantitative estimate of drug-likeness (QED) is 0.744. The Balaban J connectivity index is 1.27. The molecule has 0 saturated heterocycles. The second kappa shape index (κ2) is 7.07. The van der Waals surface area contributed by atoms with Crippen molar-refractivity contribution in [3.63, 3.8) is 0 Å². The molecule has 26 heavy (non-hydrogen) atoms. The molecule has 1 aliphatic carbocycles. The summed E-state index contributed by atoms with van der Waals surface area (Å²) in [7, 11) is 0. The Hall–Kier alpha value is -3.02. The van der Waals surface area contributed by atoms with Crippen LogP contribution in [0.25, 0.3) is 0 Å². The molecule has 2 unspecified atom stereocenters. The van der Waals surface area contributed by atoms with Gasteiger partial charge in [0.1, 0.15) is 18.5 Å². The third-order valence-electron chi connectivity index (χ3n) is 4.73. The number of rotatable bonds is 6. The van der Waals surface area contributed by atoms with E-state index in [-0.39, 0.29) is 23.6 Å². The molecule has 5 nitrogen and oxygen atoms in total. The van der Waals surface area contributed by atoms with E-state index in [0.717, 1.165) is 23.1 Å². The Morgan fingerprint density at radius 2 is 1.85 bits per heavy atom. The average Bonchev–Trinajstić information content (AvgIpc) is 3.30. The molecule has 4 rings (SSSR count). The average molecular weight is 350 g/mol. The highest BCUT2D eigenvalue weighted by Crippen LogP contribution is 2.47. The van der Waals surface area contributed by atoms with Crippen molar-refractivity contribution < 1.29 is 9.18 Å². The van der Waals surface area contributed by atoms with Gasteiger partial charge in [-0.05, 0) is 41.2 Å². The predicted octanol–water partition coefficient (Wildman–Crippen LogP) is 2.89. The van der Waals surface area contributed by atoms with Crippen molar-refractivity contribution in [1.82, 2.24) is 20.1 Å². The molecule has 1 heterocycles. The zero-order valence-electron chi connectivity index (χ0n) is 14.2. The van der Waals surface area contributed by atoms with Crippen LogP contribution in [0, 0.1) is 11.7 Å². The van der Waals surface area contributed by atoms with Crippen molar-refractivity contribution in [2.24, 2.45) is 5.92 Å². The molecule has 1 aromatic heterocycles. The van der Waals surface area contributed by atoms with Gasteiger partial charge >= 0.3 is 0 Å². The molecule has 6 heteroatoms. The van der Waals surface area contributed by atoms with Crippen molar-refractivity contribution in [2.75, 3.05) is 0 Å². The summed E-state index contributed by atoms with van der Waals surface area (Å²) in [5, 5.41) is 7.08. The molecule has 0 aliphatic heterocycles. The number of carbonyl (C=O) groups excluding carboxylic acids is 1. The van der Waals surface area contributed by atoms with E-state index in [4.69, 9.17) is 0 Å². The van der Waals surface area contributed by atoms with Crippen molar-refractivity contribution in [2.45, 2.75) is 25.4 Å². The zero-order chi connectivity index (χ0) is 17.9. The first kappa shape index (κ1) is 16.4.